The minimum atomic E-state index is -0.500. The Balaban J connectivity index is 2.27. The van der Waals surface area contributed by atoms with Crippen molar-refractivity contribution in [3.63, 3.8) is 0 Å². The van der Waals surface area contributed by atoms with Crippen LogP contribution in [-0.4, -0.2) is 17.9 Å². The number of rotatable bonds is 4. The SMILES string of the molecule is COc1c(Br)cc(Br)cc1C(=O)Nc1ccc([N+](=O)[O-])cc1. The minimum Gasteiger partial charge on any atom is -0.495 e. The minimum absolute atomic E-state index is 0.0409. The first kappa shape index (κ1) is 16.4. The number of nitrogens with one attached hydrogen (secondary N) is 1. The van der Waals surface area contributed by atoms with E-state index in [0.717, 1.165) is 0 Å². The molecule has 22 heavy (non-hydrogen) atoms. The fraction of sp³-hybridized carbons (Fsp3) is 0.0714. The fourth-order valence-corrected chi connectivity index (χ4v) is 3.19. The van der Waals surface area contributed by atoms with E-state index >= 15 is 0 Å². The lowest BCUT2D eigenvalue weighted by Crippen LogP contribution is -2.13. The van der Waals surface area contributed by atoms with Gasteiger partial charge in [0, 0.05) is 22.3 Å². The maximum absolute atomic E-state index is 12.4. The van der Waals surface area contributed by atoms with E-state index in [9.17, 15) is 14.9 Å². The average molecular weight is 430 g/mol. The molecule has 0 radical (unpaired) electrons. The standard InChI is InChI=1S/C14H10Br2N2O4/c1-22-13-11(6-8(15)7-12(13)16)14(19)17-9-2-4-10(5-3-9)18(20)21/h2-7H,1H3,(H,17,19). The Hall–Kier alpha value is -1.93. The summed E-state index contributed by atoms with van der Waals surface area (Å²) in [5, 5.41) is 13.3. The average Bonchev–Trinajstić information content (AvgIpc) is 2.47. The fourth-order valence-electron chi connectivity index (χ4n) is 1.80. The molecule has 2 aromatic rings. The maximum atomic E-state index is 12.4. The van der Waals surface area contributed by atoms with E-state index in [1.807, 2.05) is 0 Å². The predicted octanol–water partition coefficient (Wildman–Crippen LogP) is 4.38. The highest BCUT2D eigenvalue weighted by Crippen LogP contribution is 2.33. The highest BCUT2D eigenvalue weighted by Gasteiger charge is 2.17. The first-order valence-corrected chi connectivity index (χ1v) is 7.60. The number of halogens is 2. The summed E-state index contributed by atoms with van der Waals surface area (Å²) in [5.74, 6) is 0.0234. The molecule has 2 rings (SSSR count). The lowest BCUT2D eigenvalue weighted by Gasteiger charge is -2.11. The van der Waals surface area contributed by atoms with Gasteiger partial charge in [-0.1, -0.05) is 15.9 Å². The van der Waals surface area contributed by atoms with Gasteiger partial charge in [0.05, 0.1) is 22.1 Å². The molecule has 0 aliphatic carbocycles. The second kappa shape index (κ2) is 6.89. The van der Waals surface area contributed by atoms with Gasteiger partial charge in [-0.15, -0.1) is 0 Å². The van der Waals surface area contributed by atoms with Crippen LogP contribution in [0.25, 0.3) is 0 Å². The van der Waals surface area contributed by atoms with Gasteiger partial charge in [0.1, 0.15) is 5.75 Å². The lowest BCUT2D eigenvalue weighted by molar-refractivity contribution is -0.384. The van der Waals surface area contributed by atoms with Gasteiger partial charge in [0.25, 0.3) is 11.6 Å². The molecule has 8 heteroatoms. The number of nitrogens with zero attached hydrogens (tertiary/aromatic N) is 1. The Morgan fingerprint density at radius 1 is 1.23 bits per heavy atom. The monoisotopic (exact) mass is 428 g/mol. The highest BCUT2D eigenvalue weighted by molar-refractivity contribution is 9.11. The normalized spacial score (nSPS) is 10.1. The van der Waals surface area contributed by atoms with E-state index in [1.54, 1.807) is 12.1 Å². The van der Waals surface area contributed by atoms with E-state index in [0.29, 0.717) is 25.9 Å². The zero-order valence-corrected chi connectivity index (χ0v) is 14.5. The second-order valence-corrected chi connectivity index (χ2v) is 6.00. The van der Waals surface area contributed by atoms with Crippen molar-refractivity contribution < 1.29 is 14.5 Å². The van der Waals surface area contributed by atoms with Gasteiger partial charge in [-0.05, 0) is 40.2 Å². The molecule has 0 heterocycles. The molecule has 2 aromatic carbocycles. The third kappa shape index (κ3) is 3.63. The van der Waals surface area contributed by atoms with Crippen LogP contribution in [-0.2, 0) is 0 Å². The molecule has 1 amide bonds. The molecule has 0 saturated heterocycles. The molecule has 114 valence electrons. The number of non-ortho nitro benzene ring substituents is 1. The Labute approximate surface area is 142 Å². The number of amides is 1. The van der Waals surface area contributed by atoms with Crippen LogP contribution in [0.4, 0.5) is 11.4 Å². The second-order valence-electron chi connectivity index (χ2n) is 4.23. The largest absolute Gasteiger partial charge is 0.495 e. The summed E-state index contributed by atoms with van der Waals surface area (Å²) in [7, 11) is 1.47. The van der Waals surface area contributed by atoms with Crippen LogP contribution < -0.4 is 10.1 Å². The van der Waals surface area contributed by atoms with Crippen LogP contribution in [0.1, 0.15) is 10.4 Å². The van der Waals surface area contributed by atoms with Gasteiger partial charge >= 0.3 is 0 Å². The van der Waals surface area contributed by atoms with Crippen molar-refractivity contribution in [2.45, 2.75) is 0 Å². The maximum Gasteiger partial charge on any atom is 0.269 e. The van der Waals surface area contributed by atoms with E-state index in [2.05, 4.69) is 37.2 Å². The summed E-state index contributed by atoms with van der Waals surface area (Å²) < 4.78 is 6.58. The molecule has 0 fully saturated rings. The van der Waals surface area contributed by atoms with E-state index in [1.165, 1.54) is 31.4 Å². The number of nitro groups is 1. The Bertz CT molecular complexity index is 732. The number of carbonyl (C=O) groups is 1. The van der Waals surface area contributed by atoms with Gasteiger partial charge in [0.2, 0.25) is 0 Å². The number of benzene rings is 2. The van der Waals surface area contributed by atoms with Crippen LogP contribution in [0, 0.1) is 10.1 Å². The van der Waals surface area contributed by atoms with Gasteiger partial charge in [0.15, 0.2) is 0 Å². The predicted molar refractivity (Wildman–Crippen MR) is 89.4 cm³/mol. The quantitative estimate of drug-likeness (QED) is 0.577. The molecule has 0 aliphatic heterocycles. The lowest BCUT2D eigenvalue weighted by atomic mass is 10.2. The van der Waals surface area contributed by atoms with E-state index in [-0.39, 0.29) is 11.6 Å². The highest BCUT2D eigenvalue weighted by atomic mass is 79.9. The van der Waals surface area contributed by atoms with Crippen molar-refractivity contribution in [3.8, 4) is 5.75 Å². The van der Waals surface area contributed by atoms with Crippen LogP contribution >= 0.6 is 31.9 Å². The first-order valence-electron chi connectivity index (χ1n) is 6.01. The first-order chi connectivity index (χ1) is 10.4. The Morgan fingerprint density at radius 2 is 1.86 bits per heavy atom. The van der Waals surface area contributed by atoms with E-state index < -0.39 is 4.92 Å². The summed E-state index contributed by atoms with van der Waals surface area (Å²) in [5.41, 5.74) is 0.747. The Morgan fingerprint density at radius 3 is 2.41 bits per heavy atom. The van der Waals surface area contributed by atoms with Crippen molar-refractivity contribution in [2.24, 2.45) is 0 Å². The summed E-state index contributed by atoms with van der Waals surface area (Å²) >= 11 is 6.64. The number of nitro benzene ring substituents is 1. The zero-order chi connectivity index (χ0) is 16.3. The van der Waals surface area contributed by atoms with Crippen molar-refractivity contribution in [3.05, 3.63) is 61.0 Å². The molecule has 0 saturated carbocycles. The zero-order valence-electron chi connectivity index (χ0n) is 11.3. The van der Waals surface area contributed by atoms with Gasteiger partial charge in [-0.2, -0.15) is 0 Å². The molecule has 0 atom stereocenters. The van der Waals surface area contributed by atoms with Crippen LogP contribution in [0.15, 0.2) is 45.3 Å². The molecule has 0 aliphatic rings. The summed E-state index contributed by atoms with van der Waals surface area (Å²) in [6.07, 6.45) is 0. The molecular weight excluding hydrogens is 420 g/mol. The van der Waals surface area contributed by atoms with Gasteiger partial charge in [-0.25, -0.2) is 0 Å². The molecule has 1 N–H and O–H groups in total. The van der Waals surface area contributed by atoms with Gasteiger partial charge in [-0.3, -0.25) is 14.9 Å². The Kier molecular flexibility index (Phi) is 5.15. The summed E-state index contributed by atoms with van der Waals surface area (Å²) in [6, 6.07) is 8.98. The van der Waals surface area contributed by atoms with Crippen molar-refractivity contribution in [2.75, 3.05) is 12.4 Å². The summed E-state index contributed by atoms with van der Waals surface area (Å²) in [4.78, 5) is 22.5. The number of hydrogen-bond donors (Lipinski definition) is 1. The number of hydrogen-bond acceptors (Lipinski definition) is 4. The van der Waals surface area contributed by atoms with Crippen molar-refractivity contribution >= 4 is 49.1 Å². The van der Waals surface area contributed by atoms with Gasteiger partial charge < -0.3 is 10.1 Å². The van der Waals surface area contributed by atoms with Crippen LogP contribution in [0.3, 0.4) is 0 Å². The van der Waals surface area contributed by atoms with E-state index in [4.69, 9.17) is 4.74 Å². The smallest absolute Gasteiger partial charge is 0.269 e. The third-order valence-electron chi connectivity index (χ3n) is 2.79. The van der Waals surface area contributed by atoms with Crippen molar-refractivity contribution in [1.29, 1.82) is 0 Å². The third-order valence-corrected chi connectivity index (χ3v) is 3.84. The molecule has 6 nitrogen and oxygen atoms in total. The number of ether oxygens (including phenoxy) is 1. The number of methoxy groups -OCH3 is 1. The van der Waals surface area contributed by atoms with Crippen LogP contribution in [0.2, 0.25) is 0 Å². The molecule has 0 aromatic heterocycles. The van der Waals surface area contributed by atoms with Crippen LogP contribution in [0.5, 0.6) is 5.75 Å². The number of anilines is 1. The van der Waals surface area contributed by atoms with Crippen molar-refractivity contribution in [1.82, 2.24) is 0 Å². The molecule has 0 spiro atoms. The molecular formula is C14H10Br2N2O4. The topological polar surface area (TPSA) is 81.5 Å². The summed E-state index contributed by atoms with van der Waals surface area (Å²) in [6.45, 7) is 0. The molecule has 0 unspecified atom stereocenters. The number of carbonyl (C=O) groups excluding carboxylic acids is 1. The molecule has 0 bridgehead atoms.